The lowest BCUT2D eigenvalue weighted by Crippen LogP contribution is -2.32. The summed E-state index contributed by atoms with van der Waals surface area (Å²) in [6.07, 6.45) is 0.742. The lowest BCUT2D eigenvalue weighted by Gasteiger charge is -2.26. The molecule has 0 aliphatic heterocycles. The van der Waals surface area contributed by atoms with E-state index in [1.54, 1.807) is 0 Å². The standard InChI is InChI=1S/C14H20O2/c1-11(2)13(15)16-14(3,4)10-12-8-6-5-7-9-12/h5-9,11H,10H2,1-4H3. The van der Waals surface area contributed by atoms with Crippen molar-refractivity contribution in [2.75, 3.05) is 0 Å². The molecule has 88 valence electrons. The van der Waals surface area contributed by atoms with Crippen molar-refractivity contribution in [3.8, 4) is 0 Å². The van der Waals surface area contributed by atoms with Gasteiger partial charge in [0.05, 0.1) is 5.92 Å². The SMILES string of the molecule is CC(C)C(=O)OC(C)(C)Cc1ccccc1. The van der Waals surface area contributed by atoms with E-state index in [4.69, 9.17) is 4.74 Å². The minimum absolute atomic E-state index is 0.0740. The predicted molar refractivity (Wildman–Crippen MR) is 65.2 cm³/mol. The van der Waals surface area contributed by atoms with Gasteiger partial charge in [-0.15, -0.1) is 0 Å². The molecule has 1 aromatic carbocycles. The summed E-state index contributed by atoms with van der Waals surface area (Å²) in [6, 6.07) is 10.1. The number of esters is 1. The molecule has 0 spiro atoms. The zero-order valence-electron chi connectivity index (χ0n) is 10.5. The van der Waals surface area contributed by atoms with Crippen LogP contribution in [0, 0.1) is 5.92 Å². The maximum absolute atomic E-state index is 11.5. The van der Waals surface area contributed by atoms with Crippen molar-refractivity contribution in [1.29, 1.82) is 0 Å². The maximum atomic E-state index is 11.5. The summed E-state index contributed by atoms with van der Waals surface area (Å²) < 4.78 is 5.46. The number of benzene rings is 1. The van der Waals surface area contributed by atoms with Crippen LogP contribution in [-0.4, -0.2) is 11.6 Å². The van der Waals surface area contributed by atoms with Crippen LogP contribution in [-0.2, 0) is 16.0 Å². The maximum Gasteiger partial charge on any atom is 0.308 e. The van der Waals surface area contributed by atoms with Crippen molar-refractivity contribution in [2.45, 2.75) is 39.7 Å². The van der Waals surface area contributed by atoms with Crippen molar-refractivity contribution in [3.63, 3.8) is 0 Å². The highest BCUT2D eigenvalue weighted by molar-refractivity contribution is 5.72. The molecule has 0 aliphatic carbocycles. The smallest absolute Gasteiger partial charge is 0.308 e. The lowest BCUT2D eigenvalue weighted by atomic mass is 9.98. The number of hydrogen-bond acceptors (Lipinski definition) is 2. The fourth-order valence-electron chi connectivity index (χ4n) is 1.51. The second-order valence-electron chi connectivity index (χ2n) is 5.00. The highest BCUT2D eigenvalue weighted by Crippen LogP contribution is 2.18. The molecule has 0 aromatic heterocycles. The summed E-state index contributed by atoms with van der Waals surface area (Å²) >= 11 is 0. The molecule has 0 amide bonds. The molecule has 1 aromatic rings. The normalized spacial score (nSPS) is 11.6. The fourth-order valence-corrected chi connectivity index (χ4v) is 1.51. The van der Waals surface area contributed by atoms with Crippen LogP contribution in [0.4, 0.5) is 0 Å². The Labute approximate surface area is 97.6 Å². The third-order valence-corrected chi connectivity index (χ3v) is 2.32. The Bertz CT molecular complexity index is 339. The first kappa shape index (κ1) is 12.8. The monoisotopic (exact) mass is 220 g/mol. The zero-order chi connectivity index (χ0) is 12.2. The van der Waals surface area contributed by atoms with E-state index in [0.29, 0.717) is 0 Å². The summed E-state index contributed by atoms with van der Waals surface area (Å²) in [5.41, 5.74) is 0.743. The van der Waals surface area contributed by atoms with E-state index in [-0.39, 0.29) is 11.9 Å². The quantitative estimate of drug-likeness (QED) is 0.728. The summed E-state index contributed by atoms with van der Waals surface area (Å²) in [5, 5.41) is 0. The van der Waals surface area contributed by atoms with Crippen molar-refractivity contribution < 1.29 is 9.53 Å². The van der Waals surface area contributed by atoms with Crippen LogP contribution in [0.25, 0.3) is 0 Å². The number of carbonyl (C=O) groups is 1. The molecule has 0 radical (unpaired) electrons. The molecule has 0 bridgehead atoms. The van der Waals surface area contributed by atoms with E-state index in [2.05, 4.69) is 0 Å². The van der Waals surface area contributed by atoms with Crippen LogP contribution in [0.2, 0.25) is 0 Å². The highest BCUT2D eigenvalue weighted by atomic mass is 16.6. The van der Waals surface area contributed by atoms with E-state index in [0.717, 1.165) is 6.42 Å². The van der Waals surface area contributed by atoms with Crippen LogP contribution >= 0.6 is 0 Å². The summed E-state index contributed by atoms with van der Waals surface area (Å²) in [5.74, 6) is -0.212. The Morgan fingerprint density at radius 3 is 2.31 bits per heavy atom. The van der Waals surface area contributed by atoms with Crippen LogP contribution < -0.4 is 0 Å². The Balaban J connectivity index is 2.62. The van der Waals surface area contributed by atoms with Gasteiger partial charge in [-0.05, 0) is 19.4 Å². The fraction of sp³-hybridized carbons (Fsp3) is 0.500. The lowest BCUT2D eigenvalue weighted by molar-refractivity contribution is -0.160. The van der Waals surface area contributed by atoms with Crippen molar-refractivity contribution in [1.82, 2.24) is 0 Å². The predicted octanol–water partition coefficient (Wildman–Crippen LogP) is 3.21. The van der Waals surface area contributed by atoms with Crippen molar-refractivity contribution >= 4 is 5.97 Å². The van der Waals surface area contributed by atoms with E-state index in [1.165, 1.54) is 5.56 Å². The van der Waals surface area contributed by atoms with Gasteiger partial charge in [0, 0.05) is 6.42 Å². The van der Waals surface area contributed by atoms with Crippen LogP contribution in [0.15, 0.2) is 30.3 Å². The van der Waals surface area contributed by atoms with Gasteiger partial charge in [0.2, 0.25) is 0 Å². The third kappa shape index (κ3) is 4.05. The molecule has 0 heterocycles. The van der Waals surface area contributed by atoms with Gasteiger partial charge in [0.1, 0.15) is 5.60 Å². The summed E-state index contributed by atoms with van der Waals surface area (Å²) in [7, 11) is 0. The van der Waals surface area contributed by atoms with E-state index in [1.807, 2.05) is 58.0 Å². The third-order valence-electron chi connectivity index (χ3n) is 2.32. The highest BCUT2D eigenvalue weighted by Gasteiger charge is 2.24. The number of rotatable bonds is 4. The number of carbonyl (C=O) groups excluding carboxylic acids is 1. The van der Waals surface area contributed by atoms with Gasteiger partial charge in [-0.25, -0.2) is 0 Å². The molecule has 0 saturated heterocycles. The Kier molecular flexibility index (Phi) is 4.11. The minimum atomic E-state index is -0.442. The Morgan fingerprint density at radius 2 is 1.81 bits per heavy atom. The minimum Gasteiger partial charge on any atom is -0.459 e. The second kappa shape index (κ2) is 5.15. The largest absolute Gasteiger partial charge is 0.459 e. The first-order valence-corrected chi connectivity index (χ1v) is 5.67. The van der Waals surface area contributed by atoms with Gasteiger partial charge in [-0.2, -0.15) is 0 Å². The van der Waals surface area contributed by atoms with E-state index in [9.17, 15) is 4.79 Å². The molecule has 2 heteroatoms. The van der Waals surface area contributed by atoms with Gasteiger partial charge >= 0.3 is 5.97 Å². The zero-order valence-corrected chi connectivity index (χ0v) is 10.5. The molecule has 2 nitrogen and oxygen atoms in total. The summed E-state index contributed by atoms with van der Waals surface area (Å²) in [6.45, 7) is 7.59. The van der Waals surface area contributed by atoms with Crippen molar-refractivity contribution in [2.24, 2.45) is 5.92 Å². The average Bonchev–Trinajstić information content (AvgIpc) is 2.17. The summed E-state index contributed by atoms with van der Waals surface area (Å²) in [4.78, 5) is 11.5. The van der Waals surface area contributed by atoms with Gasteiger partial charge in [-0.1, -0.05) is 44.2 Å². The number of ether oxygens (including phenoxy) is 1. The Morgan fingerprint density at radius 1 is 1.25 bits per heavy atom. The molecule has 16 heavy (non-hydrogen) atoms. The second-order valence-corrected chi connectivity index (χ2v) is 5.00. The topological polar surface area (TPSA) is 26.3 Å². The molecular weight excluding hydrogens is 200 g/mol. The van der Waals surface area contributed by atoms with Crippen LogP contribution in [0.3, 0.4) is 0 Å². The molecule has 0 unspecified atom stereocenters. The van der Waals surface area contributed by atoms with Gasteiger partial charge in [0.25, 0.3) is 0 Å². The first-order valence-electron chi connectivity index (χ1n) is 5.67. The molecule has 0 aliphatic rings. The van der Waals surface area contributed by atoms with Gasteiger partial charge in [-0.3, -0.25) is 4.79 Å². The molecule has 0 fully saturated rings. The molecule has 0 N–H and O–H groups in total. The van der Waals surface area contributed by atoms with Crippen LogP contribution in [0.5, 0.6) is 0 Å². The average molecular weight is 220 g/mol. The van der Waals surface area contributed by atoms with Crippen molar-refractivity contribution in [3.05, 3.63) is 35.9 Å². The van der Waals surface area contributed by atoms with E-state index >= 15 is 0 Å². The number of hydrogen-bond donors (Lipinski definition) is 0. The van der Waals surface area contributed by atoms with Crippen LogP contribution in [0.1, 0.15) is 33.3 Å². The molecular formula is C14H20O2. The molecule has 1 rings (SSSR count). The van der Waals surface area contributed by atoms with E-state index < -0.39 is 5.60 Å². The molecule has 0 atom stereocenters. The van der Waals surface area contributed by atoms with Gasteiger partial charge in [0.15, 0.2) is 0 Å². The van der Waals surface area contributed by atoms with Gasteiger partial charge < -0.3 is 4.74 Å². The Hall–Kier alpha value is -1.31. The first-order chi connectivity index (χ1) is 7.41. The molecule has 0 saturated carbocycles.